The topological polar surface area (TPSA) is 67.9 Å². The molecule has 1 N–H and O–H groups in total. The monoisotopic (exact) mass is 334 g/mol. The van der Waals surface area contributed by atoms with Gasteiger partial charge in [0.1, 0.15) is 16.4 Å². The van der Waals surface area contributed by atoms with Crippen LogP contribution in [0.3, 0.4) is 0 Å². The van der Waals surface area contributed by atoms with Gasteiger partial charge in [-0.1, -0.05) is 12.1 Å². The van der Waals surface area contributed by atoms with E-state index in [4.69, 9.17) is 9.47 Å². The summed E-state index contributed by atoms with van der Waals surface area (Å²) in [5, 5.41) is 3.20. The Bertz CT molecular complexity index is 821. The summed E-state index contributed by atoms with van der Waals surface area (Å²) < 4.78 is 37.9. The number of hydrogen-bond donors (Lipinski definition) is 1. The van der Waals surface area contributed by atoms with Crippen molar-refractivity contribution in [1.29, 1.82) is 0 Å². The number of fused-ring (bicyclic) bond motifs is 1. The maximum atomic E-state index is 13.1. The second-order valence-electron chi connectivity index (χ2n) is 5.04. The molecule has 1 heterocycles. The summed E-state index contributed by atoms with van der Waals surface area (Å²) in [5.41, 5.74) is 1.33. The zero-order valence-corrected chi connectivity index (χ0v) is 13.8. The summed E-state index contributed by atoms with van der Waals surface area (Å²) >= 11 is 0. The molecular weight excluding hydrogens is 316 g/mol. The van der Waals surface area contributed by atoms with Crippen LogP contribution in [-0.4, -0.2) is 35.7 Å². The van der Waals surface area contributed by atoms with Gasteiger partial charge in [-0.2, -0.15) is 0 Å². The van der Waals surface area contributed by atoms with Crippen LogP contribution in [-0.2, 0) is 10.0 Å². The number of nitrogens with zero attached hydrogens (tertiary/aromatic N) is 1. The molecular formula is C16H18N2O4S. The van der Waals surface area contributed by atoms with Crippen LogP contribution in [0.2, 0.25) is 0 Å². The fourth-order valence-electron chi connectivity index (χ4n) is 2.61. The highest BCUT2D eigenvalue weighted by Crippen LogP contribution is 2.37. The minimum absolute atomic E-state index is 0.158. The number of anilines is 2. The molecule has 0 aliphatic carbocycles. The van der Waals surface area contributed by atoms with Crippen molar-refractivity contribution in [2.24, 2.45) is 0 Å². The molecule has 0 radical (unpaired) electrons. The zero-order chi connectivity index (χ0) is 16.4. The molecule has 0 bridgehead atoms. The first-order chi connectivity index (χ1) is 11.1. The maximum absolute atomic E-state index is 13.1. The van der Waals surface area contributed by atoms with Crippen LogP contribution in [0.5, 0.6) is 11.5 Å². The molecule has 0 unspecified atom stereocenters. The van der Waals surface area contributed by atoms with Gasteiger partial charge in [-0.05, 0) is 24.3 Å². The Labute approximate surface area is 135 Å². The molecule has 0 spiro atoms. The van der Waals surface area contributed by atoms with Crippen LogP contribution in [0.4, 0.5) is 11.4 Å². The lowest BCUT2D eigenvalue weighted by Gasteiger charge is -2.31. The molecule has 122 valence electrons. The van der Waals surface area contributed by atoms with E-state index >= 15 is 0 Å². The minimum Gasteiger partial charge on any atom is -0.497 e. The van der Waals surface area contributed by atoms with Gasteiger partial charge in [0.05, 0.1) is 32.1 Å². The second kappa shape index (κ2) is 6.00. The third kappa shape index (κ3) is 2.68. The number of sulfonamides is 1. The number of rotatable bonds is 4. The largest absolute Gasteiger partial charge is 0.497 e. The summed E-state index contributed by atoms with van der Waals surface area (Å²) in [5.74, 6) is 1.01. The van der Waals surface area contributed by atoms with Crippen molar-refractivity contribution in [3.63, 3.8) is 0 Å². The zero-order valence-electron chi connectivity index (χ0n) is 12.9. The molecule has 0 fully saturated rings. The molecule has 6 nitrogen and oxygen atoms in total. The van der Waals surface area contributed by atoms with Crippen molar-refractivity contribution in [2.75, 3.05) is 36.9 Å². The molecule has 3 rings (SSSR count). The van der Waals surface area contributed by atoms with Crippen molar-refractivity contribution in [1.82, 2.24) is 0 Å². The highest BCUT2D eigenvalue weighted by Gasteiger charge is 2.31. The highest BCUT2D eigenvalue weighted by molar-refractivity contribution is 7.93. The molecule has 0 saturated heterocycles. The number of benzene rings is 2. The lowest BCUT2D eigenvalue weighted by atomic mass is 10.2. The van der Waals surface area contributed by atoms with Crippen LogP contribution in [0, 0.1) is 0 Å². The van der Waals surface area contributed by atoms with Crippen molar-refractivity contribution in [3.05, 3.63) is 42.5 Å². The second-order valence-corrected chi connectivity index (χ2v) is 6.87. The van der Waals surface area contributed by atoms with E-state index in [1.54, 1.807) is 49.6 Å². The van der Waals surface area contributed by atoms with E-state index in [2.05, 4.69) is 5.32 Å². The SMILES string of the molecule is COc1ccc2c(c1)NCCN2S(=O)(=O)c1ccccc1OC. The van der Waals surface area contributed by atoms with Gasteiger partial charge in [-0.25, -0.2) is 8.42 Å². The lowest BCUT2D eigenvalue weighted by molar-refractivity contribution is 0.402. The van der Waals surface area contributed by atoms with Gasteiger partial charge in [0.2, 0.25) is 0 Å². The van der Waals surface area contributed by atoms with Crippen LogP contribution in [0.25, 0.3) is 0 Å². The summed E-state index contributed by atoms with van der Waals surface area (Å²) in [4.78, 5) is 0.158. The average Bonchev–Trinajstić information content (AvgIpc) is 2.60. The quantitative estimate of drug-likeness (QED) is 0.929. The van der Waals surface area contributed by atoms with E-state index in [-0.39, 0.29) is 4.90 Å². The number of ether oxygens (including phenoxy) is 2. The molecule has 1 aliphatic rings. The maximum Gasteiger partial charge on any atom is 0.268 e. The molecule has 0 aromatic heterocycles. The normalized spacial score (nSPS) is 13.9. The van der Waals surface area contributed by atoms with Gasteiger partial charge in [-0.3, -0.25) is 4.31 Å². The summed E-state index contributed by atoms with van der Waals surface area (Å²) in [6.07, 6.45) is 0. The predicted octanol–water partition coefficient (Wildman–Crippen LogP) is 2.32. The molecule has 0 atom stereocenters. The van der Waals surface area contributed by atoms with E-state index in [9.17, 15) is 8.42 Å². The first-order valence-corrected chi connectivity index (χ1v) is 8.59. The Balaban J connectivity index is 2.09. The Morgan fingerprint density at radius 2 is 1.87 bits per heavy atom. The fraction of sp³-hybridized carbons (Fsp3) is 0.250. The van der Waals surface area contributed by atoms with E-state index < -0.39 is 10.0 Å². The molecule has 0 amide bonds. The van der Waals surface area contributed by atoms with Crippen LogP contribution in [0.1, 0.15) is 0 Å². The van der Waals surface area contributed by atoms with Crippen molar-refractivity contribution < 1.29 is 17.9 Å². The number of hydrogen-bond acceptors (Lipinski definition) is 5. The Morgan fingerprint density at radius 3 is 2.61 bits per heavy atom. The number of nitrogens with one attached hydrogen (secondary N) is 1. The molecule has 2 aromatic carbocycles. The van der Waals surface area contributed by atoms with Crippen LogP contribution >= 0.6 is 0 Å². The van der Waals surface area contributed by atoms with Crippen LogP contribution < -0.4 is 19.1 Å². The Morgan fingerprint density at radius 1 is 1.09 bits per heavy atom. The minimum atomic E-state index is -3.71. The van der Waals surface area contributed by atoms with E-state index in [0.717, 1.165) is 5.69 Å². The molecule has 2 aromatic rings. The van der Waals surface area contributed by atoms with Gasteiger partial charge in [0.15, 0.2) is 0 Å². The smallest absolute Gasteiger partial charge is 0.268 e. The highest BCUT2D eigenvalue weighted by atomic mass is 32.2. The van der Waals surface area contributed by atoms with Gasteiger partial charge in [-0.15, -0.1) is 0 Å². The van der Waals surface area contributed by atoms with Gasteiger partial charge >= 0.3 is 0 Å². The van der Waals surface area contributed by atoms with Crippen molar-refractivity contribution >= 4 is 21.4 Å². The lowest BCUT2D eigenvalue weighted by Crippen LogP contribution is -2.39. The molecule has 0 saturated carbocycles. The average molecular weight is 334 g/mol. The number of methoxy groups -OCH3 is 2. The van der Waals surface area contributed by atoms with E-state index in [0.29, 0.717) is 30.3 Å². The third-order valence-corrected chi connectivity index (χ3v) is 5.59. The fourth-order valence-corrected chi connectivity index (χ4v) is 4.26. The molecule has 1 aliphatic heterocycles. The van der Waals surface area contributed by atoms with E-state index in [1.165, 1.54) is 11.4 Å². The Hall–Kier alpha value is -2.41. The third-order valence-electron chi connectivity index (χ3n) is 3.74. The first kappa shape index (κ1) is 15.5. The first-order valence-electron chi connectivity index (χ1n) is 7.15. The summed E-state index contributed by atoms with van der Waals surface area (Å²) in [6.45, 7) is 0.869. The van der Waals surface area contributed by atoms with E-state index in [1.807, 2.05) is 0 Å². The summed E-state index contributed by atoms with van der Waals surface area (Å²) in [6, 6.07) is 11.9. The Kier molecular flexibility index (Phi) is 4.04. The standard InChI is InChI=1S/C16H18N2O4S/c1-21-12-7-8-14-13(11-12)17-9-10-18(14)23(19,20)16-6-4-3-5-15(16)22-2/h3-8,11,17H,9-10H2,1-2H3. The van der Waals surface area contributed by atoms with Gasteiger partial charge in [0, 0.05) is 12.6 Å². The van der Waals surface area contributed by atoms with Crippen molar-refractivity contribution in [3.8, 4) is 11.5 Å². The van der Waals surface area contributed by atoms with Crippen LogP contribution in [0.15, 0.2) is 47.4 Å². The summed E-state index contributed by atoms with van der Waals surface area (Å²) in [7, 11) is -0.670. The van der Waals surface area contributed by atoms with Crippen molar-refractivity contribution in [2.45, 2.75) is 4.90 Å². The molecule has 7 heteroatoms. The van der Waals surface area contributed by atoms with Gasteiger partial charge < -0.3 is 14.8 Å². The number of para-hydroxylation sites is 1. The van der Waals surface area contributed by atoms with Gasteiger partial charge in [0.25, 0.3) is 10.0 Å². The predicted molar refractivity (Wildman–Crippen MR) is 89.0 cm³/mol. The molecule has 23 heavy (non-hydrogen) atoms.